The summed E-state index contributed by atoms with van der Waals surface area (Å²) in [4.78, 5) is 11.5. The van der Waals surface area contributed by atoms with Gasteiger partial charge in [0.15, 0.2) is 11.5 Å². The van der Waals surface area contributed by atoms with Gasteiger partial charge in [-0.05, 0) is 12.1 Å². The molecule has 8 heteroatoms. The number of nitrogens with zero attached hydrogens (tertiary/aromatic N) is 3. The first kappa shape index (κ1) is 14.3. The molecule has 0 unspecified atom stereocenters. The molecule has 0 spiro atoms. The Morgan fingerprint density at radius 1 is 1.35 bits per heavy atom. The molecule has 0 aliphatic carbocycles. The van der Waals surface area contributed by atoms with E-state index in [-0.39, 0.29) is 24.2 Å². The van der Waals surface area contributed by atoms with E-state index in [9.17, 15) is 18.0 Å². The third-order valence-corrected chi connectivity index (χ3v) is 2.75. The number of hydrogen-bond acceptors (Lipinski definition) is 3. The van der Waals surface area contributed by atoms with Crippen molar-refractivity contribution in [2.24, 2.45) is 5.92 Å². The summed E-state index contributed by atoms with van der Waals surface area (Å²) >= 11 is 0. The zero-order valence-corrected chi connectivity index (χ0v) is 10.9. The van der Waals surface area contributed by atoms with E-state index in [0.717, 1.165) is 12.3 Å². The molecule has 108 valence electrons. The molecule has 5 nitrogen and oxygen atoms in total. The summed E-state index contributed by atoms with van der Waals surface area (Å²) in [5, 5.41) is 10.1. The Kier molecular flexibility index (Phi) is 3.65. The van der Waals surface area contributed by atoms with Crippen molar-refractivity contribution >= 4 is 11.6 Å². The number of alkyl halides is 3. The van der Waals surface area contributed by atoms with Gasteiger partial charge in [-0.3, -0.25) is 9.20 Å². The molecule has 2 rings (SSSR count). The van der Waals surface area contributed by atoms with Crippen LogP contribution in [0.25, 0.3) is 5.65 Å². The number of fused-ring (bicyclic) bond motifs is 1. The number of hydrogen-bond donors (Lipinski definition) is 1. The molecular weight excluding hydrogens is 273 g/mol. The number of halogens is 3. The molecule has 2 heterocycles. The SMILES string of the molecule is CC(C)C(=O)NCc1nnc2ccc(C(F)(F)F)cn12. The van der Waals surface area contributed by atoms with E-state index in [1.54, 1.807) is 13.8 Å². The fraction of sp³-hybridized carbons (Fsp3) is 0.417. The lowest BCUT2D eigenvalue weighted by molar-refractivity contribution is -0.137. The molecule has 0 radical (unpaired) electrons. The highest BCUT2D eigenvalue weighted by Crippen LogP contribution is 2.29. The Labute approximate surface area is 112 Å². The molecule has 0 atom stereocenters. The number of rotatable bonds is 3. The lowest BCUT2D eigenvalue weighted by Crippen LogP contribution is -2.28. The van der Waals surface area contributed by atoms with E-state index in [1.165, 1.54) is 10.5 Å². The third-order valence-electron chi connectivity index (χ3n) is 2.75. The van der Waals surface area contributed by atoms with E-state index in [0.29, 0.717) is 5.65 Å². The van der Waals surface area contributed by atoms with Crippen molar-refractivity contribution in [2.75, 3.05) is 0 Å². The van der Waals surface area contributed by atoms with Crippen LogP contribution in [0.3, 0.4) is 0 Å². The monoisotopic (exact) mass is 286 g/mol. The molecule has 20 heavy (non-hydrogen) atoms. The van der Waals surface area contributed by atoms with Crippen molar-refractivity contribution in [3.05, 3.63) is 29.7 Å². The standard InChI is InChI=1S/C12H13F3N4O/c1-7(2)11(20)16-5-10-18-17-9-4-3-8(6-19(9)10)12(13,14)15/h3-4,6-7H,5H2,1-2H3,(H,16,20). The second kappa shape index (κ2) is 5.10. The van der Waals surface area contributed by atoms with Crippen molar-refractivity contribution in [3.63, 3.8) is 0 Å². The van der Waals surface area contributed by atoms with E-state index in [2.05, 4.69) is 15.5 Å². The summed E-state index contributed by atoms with van der Waals surface area (Å²) in [6.45, 7) is 3.47. The van der Waals surface area contributed by atoms with E-state index in [4.69, 9.17) is 0 Å². The second-order valence-corrected chi connectivity index (χ2v) is 4.63. The van der Waals surface area contributed by atoms with Crippen LogP contribution in [0, 0.1) is 5.92 Å². The zero-order chi connectivity index (χ0) is 14.9. The normalized spacial score (nSPS) is 12.1. The Balaban J connectivity index is 2.28. The largest absolute Gasteiger partial charge is 0.417 e. The number of aromatic nitrogens is 3. The molecule has 0 bridgehead atoms. The van der Waals surface area contributed by atoms with Gasteiger partial charge in [-0.1, -0.05) is 13.8 Å². The number of carbonyl (C=O) groups excluding carboxylic acids is 1. The van der Waals surface area contributed by atoms with Crippen LogP contribution in [-0.4, -0.2) is 20.5 Å². The van der Waals surface area contributed by atoms with Crippen LogP contribution < -0.4 is 5.32 Å². The van der Waals surface area contributed by atoms with Gasteiger partial charge in [-0.2, -0.15) is 13.2 Å². The maximum Gasteiger partial charge on any atom is 0.417 e. The summed E-state index contributed by atoms with van der Waals surface area (Å²) in [6.07, 6.45) is -3.51. The first-order valence-electron chi connectivity index (χ1n) is 5.97. The van der Waals surface area contributed by atoms with Gasteiger partial charge in [0.2, 0.25) is 5.91 Å². The van der Waals surface area contributed by atoms with Gasteiger partial charge >= 0.3 is 6.18 Å². The summed E-state index contributed by atoms with van der Waals surface area (Å²) in [6, 6.07) is 2.18. The summed E-state index contributed by atoms with van der Waals surface area (Å²) < 4.78 is 39.2. The molecule has 0 fully saturated rings. The zero-order valence-electron chi connectivity index (χ0n) is 10.9. The van der Waals surface area contributed by atoms with Gasteiger partial charge in [0.05, 0.1) is 12.1 Å². The first-order chi connectivity index (χ1) is 9.29. The number of amides is 1. The molecular formula is C12H13F3N4O. The van der Waals surface area contributed by atoms with E-state index >= 15 is 0 Å². The molecule has 0 aromatic carbocycles. The minimum absolute atomic E-state index is 0.0273. The molecule has 0 aliphatic rings. The fourth-order valence-corrected chi connectivity index (χ4v) is 1.60. The molecule has 1 N–H and O–H groups in total. The van der Waals surface area contributed by atoms with Gasteiger partial charge in [0, 0.05) is 12.1 Å². The van der Waals surface area contributed by atoms with Crippen LogP contribution in [0.5, 0.6) is 0 Å². The van der Waals surface area contributed by atoms with Crippen molar-refractivity contribution in [3.8, 4) is 0 Å². The van der Waals surface area contributed by atoms with Gasteiger partial charge in [0.25, 0.3) is 0 Å². The summed E-state index contributed by atoms with van der Waals surface area (Å²) in [5.41, 5.74) is -0.493. The Morgan fingerprint density at radius 3 is 2.65 bits per heavy atom. The molecule has 2 aromatic heterocycles. The summed E-state index contributed by atoms with van der Waals surface area (Å²) in [5.74, 6) is -0.159. The molecule has 1 amide bonds. The van der Waals surface area contributed by atoms with Crippen LogP contribution in [-0.2, 0) is 17.5 Å². The third kappa shape index (κ3) is 2.89. The van der Waals surface area contributed by atoms with Crippen LogP contribution in [0.2, 0.25) is 0 Å². The van der Waals surface area contributed by atoms with E-state index < -0.39 is 11.7 Å². The molecule has 0 aliphatic heterocycles. The van der Waals surface area contributed by atoms with Gasteiger partial charge < -0.3 is 5.32 Å². The highest BCUT2D eigenvalue weighted by Gasteiger charge is 2.31. The fourth-order valence-electron chi connectivity index (χ4n) is 1.60. The van der Waals surface area contributed by atoms with Crippen LogP contribution in [0.15, 0.2) is 18.3 Å². The average Bonchev–Trinajstić information content (AvgIpc) is 2.77. The lowest BCUT2D eigenvalue weighted by Gasteiger charge is -2.08. The summed E-state index contributed by atoms with van der Waals surface area (Å²) in [7, 11) is 0. The minimum Gasteiger partial charge on any atom is -0.349 e. The van der Waals surface area contributed by atoms with Gasteiger partial charge in [0.1, 0.15) is 0 Å². The smallest absolute Gasteiger partial charge is 0.349 e. The molecule has 0 saturated heterocycles. The second-order valence-electron chi connectivity index (χ2n) is 4.63. The molecule has 2 aromatic rings. The predicted molar refractivity (Wildman–Crippen MR) is 64.7 cm³/mol. The Bertz CT molecular complexity index is 633. The van der Waals surface area contributed by atoms with Gasteiger partial charge in [-0.25, -0.2) is 0 Å². The molecule has 0 saturated carbocycles. The van der Waals surface area contributed by atoms with Crippen LogP contribution >= 0.6 is 0 Å². The van der Waals surface area contributed by atoms with Crippen molar-refractivity contribution < 1.29 is 18.0 Å². The maximum absolute atomic E-state index is 12.6. The maximum atomic E-state index is 12.6. The van der Waals surface area contributed by atoms with Crippen molar-refractivity contribution in [1.82, 2.24) is 19.9 Å². The van der Waals surface area contributed by atoms with Crippen molar-refractivity contribution in [1.29, 1.82) is 0 Å². The van der Waals surface area contributed by atoms with Gasteiger partial charge in [-0.15, -0.1) is 10.2 Å². The quantitative estimate of drug-likeness (QED) is 0.939. The lowest BCUT2D eigenvalue weighted by atomic mass is 10.2. The Hall–Kier alpha value is -2.12. The highest BCUT2D eigenvalue weighted by molar-refractivity contribution is 5.77. The van der Waals surface area contributed by atoms with Crippen LogP contribution in [0.4, 0.5) is 13.2 Å². The minimum atomic E-state index is -4.43. The topological polar surface area (TPSA) is 59.3 Å². The first-order valence-corrected chi connectivity index (χ1v) is 5.97. The highest BCUT2D eigenvalue weighted by atomic mass is 19.4. The van der Waals surface area contributed by atoms with Crippen LogP contribution in [0.1, 0.15) is 25.2 Å². The van der Waals surface area contributed by atoms with Crippen molar-refractivity contribution in [2.45, 2.75) is 26.6 Å². The number of pyridine rings is 1. The van der Waals surface area contributed by atoms with E-state index in [1.807, 2.05) is 0 Å². The average molecular weight is 286 g/mol. The number of carbonyl (C=O) groups is 1. The Morgan fingerprint density at radius 2 is 2.05 bits per heavy atom. The number of nitrogens with one attached hydrogen (secondary N) is 1. The predicted octanol–water partition coefficient (Wildman–Crippen LogP) is 2.02.